The van der Waals surface area contributed by atoms with E-state index < -0.39 is 6.10 Å². The highest BCUT2D eigenvalue weighted by Gasteiger charge is 2.41. The maximum atomic E-state index is 11.0. The predicted molar refractivity (Wildman–Crippen MR) is 100 cm³/mol. The second-order valence-electron chi connectivity index (χ2n) is 6.02. The molecule has 0 heterocycles. The molecule has 0 fully saturated rings. The lowest BCUT2D eigenvalue weighted by Crippen LogP contribution is -2.45. The van der Waals surface area contributed by atoms with Crippen LogP contribution in [0.4, 0.5) is 0 Å². The van der Waals surface area contributed by atoms with Crippen LogP contribution in [0.1, 0.15) is 37.8 Å². The number of aliphatic hydroxyl groups is 1. The molecule has 0 aliphatic heterocycles. The molecule has 0 aliphatic carbocycles. The van der Waals surface area contributed by atoms with Crippen molar-refractivity contribution in [2.24, 2.45) is 0 Å². The van der Waals surface area contributed by atoms with Gasteiger partial charge in [-0.15, -0.1) is 12.4 Å². The third kappa shape index (κ3) is 4.14. The summed E-state index contributed by atoms with van der Waals surface area (Å²) in [5.41, 5.74) is 1.97. The summed E-state index contributed by atoms with van der Waals surface area (Å²) >= 11 is 0. The lowest BCUT2D eigenvalue weighted by molar-refractivity contribution is 0.0872. The first-order valence-corrected chi connectivity index (χ1v) is 8.11. The van der Waals surface area contributed by atoms with E-state index in [0.29, 0.717) is 6.04 Å². The van der Waals surface area contributed by atoms with Crippen molar-refractivity contribution in [1.82, 2.24) is 5.32 Å². The molecule has 0 saturated carbocycles. The van der Waals surface area contributed by atoms with Crippen molar-refractivity contribution >= 4 is 12.4 Å². The second kappa shape index (κ2) is 9.07. The van der Waals surface area contributed by atoms with Gasteiger partial charge in [0.1, 0.15) is 0 Å². The van der Waals surface area contributed by atoms with Crippen molar-refractivity contribution in [1.29, 1.82) is 0 Å². The maximum Gasteiger partial charge on any atom is 0.0675 e. The van der Waals surface area contributed by atoms with Gasteiger partial charge in [0.05, 0.1) is 6.10 Å². The van der Waals surface area contributed by atoms with Crippen LogP contribution < -0.4 is 5.32 Å². The zero-order valence-corrected chi connectivity index (χ0v) is 15.0. The number of nitrogens with one attached hydrogen (secondary N) is 1. The first kappa shape index (κ1) is 19.7. The minimum Gasteiger partial charge on any atom is -0.392 e. The molecule has 2 aromatic rings. The first-order chi connectivity index (χ1) is 10.6. The van der Waals surface area contributed by atoms with Gasteiger partial charge < -0.3 is 10.4 Å². The van der Waals surface area contributed by atoms with E-state index in [2.05, 4.69) is 67.7 Å². The molecular weight excluding hydrogens is 306 g/mol. The van der Waals surface area contributed by atoms with Crippen LogP contribution in [0.2, 0.25) is 0 Å². The molecule has 2 aromatic carbocycles. The highest BCUT2D eigenvalue weighted by atomic mass is 35.5. The normalized spacial score (nSPS) is 13.9. The zero-order chi connectivity index (χ0) is 16.0. The van der Waals surface area contributed by atoms with Crippen molar-refractivity contribution in [2.45, 2.75) is 44.2 Å². The summed E-state index contributed by atoms with van der Waals surface area (Å²) in [6.45, 7) is 4.22. The minimum absolute atomic E-state index is 0. The third-order valence-electron chi connectivity index (χ3n) is 4.65. The van der Waals surface area contributed by atoms with E-state index in [4.69, 9.17) is 0 Å². The Morgan fingerprint density at radius 3 is 1.74 bits per heavy atom. The number of hydrogen-bond acceptors (Lipinski definition) is 2. The van der Waals surface area contributed by atoms with E-state index in [1.165, 1.54) is 11.1 Å². The van der Waals surface area contributed by atoms with Gasteiger partial charge in [0, 0.05) is 11.5 Å². The van der Waals surface area contributed by atoms with Gasteiger partial charge in [-0.1, -0.05) is 67.6 Å². The smallest absolute Gasteiger partial charge is 0.0675 e. The number of benzene rings is 2. The third-order valence-corrected chi connectivity index (χ3v) is 4.65. The molecule has 2 nitrogen and oxygen atoms in total. The lowest BCUT2D eigenvalue weighted by atomic mass is 9.66. The van der Waals surface area contributed by atoms with E-state index in [9.17, 15) is 5.11 Å². The van der Waals surface area contributed by atoms with Gasteiger partial charge in [-0.3, -0.25) is 0 Å². The van der Waals surface area contributed by atoms with Crippen molar-refractivity contribution in [3.05, 3.63) is 71.8 Å². The Morgan fingerprint density at radius 1 is 0.957 bits per heavy atom. The average molecular weight is 334 g/mol. The van der Waals surface area contributed by atoms with Crippen LogP contribution in [0, 0.1) is 0 Å². The number of rotatable bonds is 7. The lowest BCUT2D eigenvalue weighted by Gasteiger charge is -2.41. The fourth-order valence-electron chi connectivity index (χ4n) is 3.33. The molecule has 0 aliphatic rings. The maximum absolute atomic E-state index is 11.0. The van der Waals surface area contributed by atoms with Gasteiger partial charge in [0.25, 0.3) is 0 Å². The number of hydrogen-bond donors (Lipinski definition) is 2. The van der Waals surface area contributed by atoms with E-state index in [1.807, 2.05) is 19.2 Å². The van der Waals surface area contributed by atoms with E-state index in [-0.39, 0.29) is 17.8 Å². The number of halogens is 1. The molecule has 0 bridgehead atoms. The molecule has 2 atom stereocenters. The summed E-state index contributed by atoms with van der Waals surface area (Å²) in [7, 11) is 1.98. The molecule has 2 N–H and O–H groups in total. The van der Waals surface area contributed by atoms with Crippen molar-refractivity contribution in [3.63, 3.8) is 0 Å². The summed E-state index contributed by atoms with van der Waals surface area (Å²) in [5.74, 6) is 0. The average Bonchev–Trinajstić information content (AvgIpc) is 2.60. The Morgan fingerprint density at radius 2 is 1.39 bits per heavy atom. The summed E-state index contributed by atoms with van der Waals surface area (Å²) in [4.78, 5) is 0. The Labute approximate surface area is 146 Å². The summed E-state index contributed by atoms with van der Waals surface area (Å²) in [6.07, 6.45) is 1.15. The first-order valence-electron chi connectivity index (χ1n) is 8.11. The fraction of sp³-hybridized carbons (Fsp3) is 0.400. The summed E-state index contributed by atoms with van der Waals surface area (Å²) < 4.78 is 0. The molecule has 2 rings (SSSR count). The van der Waals surface area contributed by atoms with Crippen LogP contribution in [0.15, 0.2) is 60.7 Å². The molecule has 0 radical (unpaired) electrons. The zero-order valence-electron chi connectivity index (χ0n) is 14.2. The summed E-state index contributed by atoms with van der Waals surface area (Å²) in [6, 6.07) is 21.1. The molecule has 0 spiro atoms. The van der Waals surface area contributed by atoms with E-state index in [1.54, 1.807) is 0 Å². The second-order valence-corrected chi connectivity index (χ2v) is 6.02. The van der Waals surface area contributed by atoms with Crippen LogP contribution in [0.25, 0.3) is 0 Å². The Kier molecular flexibility index (Phi) is 7.77. The van der Waals surface area contributed by atoms with E-state index >= 15 is 0 Å². The fourth-order valence-corrected chi connectivity index (χ4v) is 3.33. The Bertz CT molecular complexity index is 519. The number of aliphatic hydroxyl groups excluding tert-OH is 1. The highest BCUT2D eigenvalue weighted by molar-refractivity contribution is 5.85. The van der Waals surface area contributed by atoms with Crippen LogP contribution in [0.5, 0.6) is 0 Å². The predicted octanol–water partition coefficient (Wildman–Crippen LogP) is 4.16. The van der Waals surface area contributed by atoms with Gasteiger partial charge in [0.2, 0.25) is 0 Å². The molecule has 0 unspecified atom stereocenters. The quantitative estimate of drug-likeness (QED) is 0.797. The van der Waals surface area contributed by atoms with Gasteiger partial charge >= 0.3 is 0 Å². The molecule has 0 aromatic heterocycles. The molecule has 126 valence electrons. The van der Waals surface area contributed by atoms with Crippen molar-refractivity contribution in [3.8, 4) is 0 Å². The largest absolute Gasteiger partial charge is 0.392 e. The Hall–Kier alpha value is -1.35. The van der Waals surface area contributed by atoms with E-state index in [0.717, 1.165) is 12.8 Å². The van der Waals surface area contributed by atoms with Crippen LogP contribution >= 0.6 is 12.4 Å². The van der Waals surface area contributed by atoms with Gasteiger partial charge in [-0.25, -0.2) is 0 Å². The van der Waals surface area contributed by atoms with Crippen molar-refractivity contribution in [2.75, 3.05) is 7.05 Å². The Balaban J connectivity index is 0.00000264. The molecule has 23 heavy (non-hydrogen) atoms. The van der Waals surface area contributed by atoms with Gasteiger partial charge in [0.15, 0.2) is 0 Å². The van der Waals surface area contributed by atoms with Crippen molar-refractivity contribution < 1.29 is 5.11 Å². The molecule has 3 heteroatoms. The SMILES string of the molecule is CC[C@@H](O)C(C[C@@H](C)NC)(c1ccccc1)c1ccccc1.Cl. The van der Waals surface area contributed by atoms with Crippen LogP contribution in [-0.4, -0.2) is 24.3 Å². The minimum atomic E-state index is -0.423. The standard InChI is InChI=1S/C20H27NO.ClH/c1-4-19(22)20(15-16(2)21-3,17-11-7-5-8-12-17)18-13-9-6-10-14-18;/h5-14,16,19,21-22H,4,15H2,1-3H3;1H/t16-,19-;/m1./s1. The molecule has 0 saturated heterocycles. The molecular formula is C20H28ClNO. The van der Waals surface area contributed by atoms with Gasteiger partial charge in [-0.05, 0) is 37.9 Å². The summed E-state index contributed by atoms with van der Waals surface area (Å²) in [5, 5.41) is 14.3. The topological polar surface area (TPSA) is 32.3 Å². The monoisotopic (exact) mass is 333 g/mol. The molecule has 0 amide bonds. The highest BCUT2D eigenvalue weighted by Crippen LogP contribution is 2.41. The van der Waals surface area contributed by atoms with Crippen LogP contribution in [0.3, 0.4) is 0 Å². The van der Waals surface area contributed by atoms with Gasteiger partial charge in [-0.2, -0.15) is 0 Å². The van der Waals surface area contributed by atoms with Crippen LogP contribution in [-0.2, 0) is 5.41 Å².